The molecule has 1 aromatic carbocycles. The minimum Gasteiger partial charge on any atom is -0.351 e. The van der Waals surface area contributed by atoms with Crippen molar-refractivity contribution in [3.05, 3.63) is 35.4 Å². The van der Waals surface area contributed by atoms with Crippen LogP contribution in [0.4, 0.5) is 0 Å². The predicted octanol–water partition coefficient (Wildman–Crippen LogP) is 1.21. The summed E-state index contributed by atoms with van der Waals surface area (Å²) in [5.41, 5.74) is 6.74. The maximum Gasteiger partial charge on any atom is 0.252 e. The summed E-state index contributed by atoms with van der Waals surface area (Å²) in [6.07, 6.45) is 2.58. The van der Waals surface area contributed by atoms with Crippen LogP contribution in [0.1, 0.15) is 35.7 Å². The lowest BCUT2D eigenvalue weighted by Crippen LogP contribution is -2.36. The Morgan fingerprint density at radius 3 is 2.86 bits per heavy atom. The van der Waals surface area contributed by atoms with E-state index in [0.29, 0.717) is 18.7 Å². The van der Waals surface area contributed by atoms with E-state index in [9.17, 15) is 4.79 Å². The molecule has 0 atom stereocenters. The van der Waals surface area contributed by atoms with Crippen LogP contribution in [0.25, 0.3) is 0 Å². The Bertz CT molecular complexity index is 540. The van der Waals surface area contributed by atoms with Gasteiger partial charge in [-0.25, -0.2) is 0 Å². The van der Waals surface area contributed by atoms with Crippen LogP contribution >= 0.6 is 0 Å². The van der Waals surface area contributed by atoms with Gasteiger partial charge in [0.15, 0.2) is 0 Å². The third-order valence-electron chi connectivity index (χ3n) is 3.65. The van der Waals surface area contributed by atoms with Crippen LogP contribution in [0.3, 0.4) is 0 Å². The molecule has 0 unspecified atom stereocenters. The van der Waals surface area contributed by atoms with Crippen LogP contribution in [0.15, 0.2) is 24.3 Å². The van der Waals surface area contributed by atoms with E-state index >= 15 is 0 Å². The molecular formula is C17H23N3O. The molecule has 112 valence electrons. The molecule has 0 bridgehead atoms. The summed E-state index contributed by atoms with van der Waals surface area (Å²) in [5.74, 6) is 5.68. The van der Waals surface area contributed by atoms with Gasteiger partial charge < -0.3 is 11.1 Å². The van der Waals surface area contributed by atoms with E-state index < -0.39 is 0 Å². The van der Waals surface area contributed by atoms with E-state index in [0.717, 1.165) is 24.7 Å². The quantitative estimate of drug-likeness (QED) is 0.773. The average molecular weight is 285 g/mol. The largest absolute Gasteiger partial charge is 0.351 e. The Balaban J connectivity index is 1.90. The van der Waals surface area contributed by atoms with Crippen LogP contribution in [0, 0.1) is 11.8 Å². The summed E-state index contributed by atoms with van der Waals surface area (Å²) in [6, 6.07) is 8.11. The van der Waals surface area contributed by atoms with Crippen LogP contribution in [-0.4, -0.2) is 43.0 Å². The molecule has 0 spiro atoms. The van der Waals surface area contributed by atoms with Gasteiger partial charge in [0.05, 0.1) is 12.1 Å². The second-order valence-corrected chi connectivity index (χ2v) is 5.17. The zero-order valence-corrected chi connectivity index (χ0v) is 12.6. The molecule has 1 aromatic rings. The Hall–Kier alpha value is -1.83. The number of hydrogen-bond donors (Lipinski definition) is 2. The van der Waals surface area contributed by atoms with E-state index in [1.807, 2.05) is 18.2 Å². The number of amides is 1. The monoisotopic (exact) mass is 285 g/mol. The maximum absolute atomic E-state index is 12.3. The number of benzene rings is 1. The first-order valence-corrected chi connectivity index (χ1v) is 7.56. The Labute approximate surface area is 126 Å². The van der Waals surface area contributed by atoms with E-state index in [2.05, 4.69) is 29.0 Å². The molecule has 0 saturated heterocycles. The first-order valence-electron chi connectivity index (χ1n) is 7.56. The van der Waals surface area contributed by atoms with E-state index in [1.165, 1.54) is 12.8 Å². The number of rotatable bonds is 6. The summed E-state index contributed by atoms with van der Waals surface area (Å²) in [4.78, 5) is 14.7. The second kappa shape index (κ2) is 7.82. The topological polar surface area (TPSA) is 58.4 Å². The molecule has 1 fully saturated rings. The van der Waals surface area contributed by atoms with Crippen molar-refractivity contribution in [2.24, 2.45) is 5.73 Å². The fourth-order valence-corrected chi connectivity index (χ4v) is 2.38. The summed E-state index contributed by atoms with van der Waals surface area (Å²) in [5, 5.41) is 2.98. The summed E-state index contributed by atoms with van der Waals surface area (Å²) < 4.78 is 0. The molecule has 1 aliphatic carbocycles. The van der Waals surface area contributed by atoms with E-state index in [-0.39, 0.29) is 5.91 Å². The fourth-order valence-electron chi connectivity index (χ4n) is 2.38. The lowest BCUT2D eigenvalue weighted by molar-refractivity contribution is 0.0947. The van der Waals surface area contributed by atoms with Crippen LogP contribution in [0.5, 0.6) is 0 Å². The molecule has 2 rings (SSSR count). The lowest BCUT2D eigenvalue weighted by Gasteiger charge is -2.19. The van der Waals surface area contributed by atoms with Crippen molar-refractivity contribution in [2.45, 2.75) is 25.8 Å². The number of nitrogens with one attached hydrogen (secondary N) is 1. The minimum atomic E-state index is -0.0660. The normalized spacial score (nSPS) is 13.7. The molecule has 1 saturated carbocycles. The summed E-state index contributed by atoms with van der Waals surface area (Å²) >= 11 is 0. The third-order valence-corrected chi connectivity index (χ3v) is 3.65. The minimum absolute atomic E-state index is 0.0660. The van der Waals surface area contributed by atoms with E-state index in [1.54, 1.807) is 6.07 Å². The Morgan fingerprint density at radius 1 is 1.43 bits per heavy atom. The van der Waals surface area contributed by atoms with Crippen LogP contribution < -0.4 is 11.1 Å². The number of nitrogens with two attached hydrogens (primary N) is 1. The molecule has 1 aliphatic rings. The van der Waals surface area contributed by atoms with Crippen LogP contribution in [-0.2, 0) is 0 Å². The SMILES string of the molecule is CCN(CCNC(=O)c1ccccc1C#CCN)C1CC1. The second-order valence-electron chi connectivity index (χ2n) is 5.17. The molecule has 0 aromatic heterocycles. The third kappa shape index (κ3) is 4.59. The molecule has 0 heterocycles. The first-order chi connectivity index (χ1) is 10.3. The van der Waals surface area contributed by atoms with Gasteiger partial charge in [0.25, 0.3) is 5.91 Å². The molecule has 3 N–H and O–H groups in total. The molecular weight excluding hydrogens is 262 g/mol. The predicted molar refractivity (Wildman–Crippen MR) is 85.0 cm³/mol. The van der Waals surface area contributed by atoms with Gasteiger partial charge in [-0.3, -0.25) is 9.69 Å². The number of likely N-dealkylation sites (N-methyl/N-ethyl adjacent to an activating group) is 1. The highest BCUT2D eigenvalue weighted by Crippen LogP contribution is 2.25. The highest BCUT2D eigenvalue weighted by molar-refractivity contribution is 5.96. The summed E-state index contributed by atoms with van der Waals surface area (Å²) in [7, 11) is 0. The number of carbonyl (C=O) groups is 1. The van der Waals surface area contributed by atoms with Gasteiger partial charge in [0.2, 0.25) is 0 Å². The van der Waals surface area contributed by atoms with Gasteiger partial charge in [-0.05, 0) is 31.5 Å². The van der Waals surface area contributed by atoms with Gasteiger partial charge in [-0.2, -0.15) is 0 Å². The highest BCUT2D eigenvalue weighted by atomic mass is 16.1. The Kier molecular flexibility index (Phi) is 5.79. The van der Waals surface area contributed by atoms with Crippen molar-refractivity contribution >= 4 is 5.91 Å². The van der Waals surface area contributed by atoms with Gasteiger partial charge >= 0.3 is 0 Å². The molecule has 21 heavy (non-hydrogen) atoms. The fraction of sp³-hybridized carbons (Fsp3) is 0.471. The molecule has 0 aliphatic heterocycles. The van der Waals surface area contributed by atoms with Gasteiger partial charge in [0, 0.05) is 24.7 Å². The maximum atomic E-state index is 12.3. The summed E-state index contributed by atoms with van der Waals surface area (Å²) in [6.45, 7) is 5.07. The lowest BCUT2D eigenvalue weighted by atomic mass is 10.1. The molecule has 1 amide bonds. The van der Waals surface area contributed by atoms with Crippen molar-refractivity contribution in [1.29, 1.82) is 0 Å². The number of hydrogen-bond acceptors (Lipinski definition) is 3. The number of carbonyl (C=O) groups excluding carboxylic acids is 1. The molecule has 4 heteroatoms. The van der Waals surface area contributed by atoms with Gasteiger partial charge in [0.1, 0.15) is 0 Å². The zero-order valence-electron chi connectivity index (χ0n) is 12.6. The number of nitrogens with zero attached hydrogens (tertiary/aromatic N) is 1. The average Bonchev–Trinajstić information content (AvgIpc) is 3.34. The van der Waals surface area contributed by atoms with Gasteiger partial charge in [-0.1, -0.05) is 30.9 Å². The van der Waals surface area contributed by atoms with Crippen molar-refractivity contribution in [1.82, 2.24) is 10.2 Å². The van der Waals surface area contributed by atoms with Crippen molar-refractivity contribution in [3.8, 4) is 11.8 Å². The van der Waals surface area contributed by atoms with E-state index in [4.69, 9.17) is 5.73 Å². The standard InChI is InChI=1S/C17H23N3O/c1-2-20(15-9-10-15)13-12-19-17(21)16-8-4-3-6-14(16)7-5-11-18/h3-4,6,8,15H,2,9-13,18H2,1H3,(H,19,21). The van der Waals surface area contributed by atoms with Crippen molar-refractivity contribution < 1.29 is 4.79 Å². The van der Waals surface area contributed by atoms with Crippen LogP contribution in [0.2, 0.25) is 0 Å². The molecule has 0 radical (unpaired) electrons. The molecule has 4 nitrogen and oxygen atoms in total. The Morgan fingerprint density at radius 2 is 2.19 bits per heavy atom. The smallest absolute Gasteiger partial charge is 0.252 e. The highest BCUT2D eigenvalue weighted by Gasteiger charge is 2.27. The first kappa shape index (κ1) is 15.6. The van der Waals surface area contributed by atoms with Crippen molar-refractivity contribution in [3.63, 3.8) is 0 Å². The van der Waals surface area contributed by atoms with Gasteiger partial charge in [-0.15, -0.1) is 0 Å². The zero-order chi connectivity index (χ0) is 15.1. The van der Waals surface area contributed by atoms with Crippen molar-refractivity contribution in [2.75, 3.05) is 26.2 Å².